The summed E-state index contributed by atoms with van der Waals surface area (Å²) in [5.74, 6) is -1.07. The third-order valence-electron chi connectivity index (χ3n) is 5.11. The van der Waals surface area contributed by atoms with Crippen LogP contribution in [-0.2, 0) is 11.3 Å². The first-order valence-electron chi connectivity index (χ1n) is 9.88. The number of pyridine rings is 1. The van der Waals surface area contributed by atoms with Crippen molar-refractivity contribution in [3.05, 3.63) is 88.0 Å². The van der Waals surface area contributed by atoms with Gasteiger partial charge in [-0.3, -0.25) is 14.6 Å². The van der Waals surface area contributed by atoms with Crippen LogP contribution in [0.15, 0.2) is 48.7 Å². The Morgan fingerprint density at radius 2 is 1.74 bits per heavy atom. The Labute approximate surface area is 181 Å². The van der Waals surface area contributed by atoms with Crippen LogP contribution in [0.3, 0.4) is 0 Å². The van der Waals surface area contributed by atoms with Crippen molar-refractivity contribution in [3.63, 3.8) is 0 Å². The number of aryl methyl sites for hydroxylation is 2. The van der Waals surface area contributed by atoms with E-state index in [9.17, 15) is 14.4 Å². The zero-order valence-electron chi connectivity index (χ0n) is 18.1. The van der Waals surface area contributed by atoms with Crippen LogP contribution < -0.4 is 0 Å². The molecule has 1 aromatic carbocycles. The molecule has 0 aliphatic heterocycles. The number of hydrogen-bond acceptors (Lipinski definition) is 5. The lowest BCUT2D eigenvalue weighted by molar-refractivity contribution is 0.0593. The van der Waals surface area contributed by atoms with E-state index in [1.54, 1.807) is 38.2 Å². The Kier molecular flexibility index (Phi) is 6.65. The molecule has 0 bridgehead atoms. The van der Waals surface area contributed by atoms with Crippen molar-refractivity contribution in [2.24, 2.45) is 0 Å². The normalized spacial score (nSPS) is 10.6. The minimum Gasteiger partial charge on any atom is -0.464 e. The third kappa shape index (κ3) is 4.88. The molecule has 2 heterocycles. The summed E-state index contributed by atoms with van der Waals surface area (Å²) in [4.78, 5) is 47.1. The highest BCUT2D eigenvalue weighted by Gasteiger charge is 2.26. The quantitative estimate of drug-likeness (QED) is 0.466. The lowest BCUT2D eigenvalue weighted by Gasteiger charge is -2.22. The maximum atomic E-state index is 13.2. The molecule has 0 aliphatic carbocycles. The minimum atomic E-state index is -0.541. The zero-order chi connectivity index (χ0) is 22.5. The molecular formula is C24H25N3O4. The highest BCUT2D eigenvalue weighted by molar-refractivity contribution is 6.05. The van der Waals surface area contributed by atoms with Crippen LogP contribution in [0.25, 0.3) is 0 Å². The van der Waals surface area contributed by atoms with Crippen LogP contribution in [-0.4, -0.2) is 46.2 Å². The number of methoxy groups -OCH3 is 1. The van der Waals surface area contributed by atoms with Gasteiger partial charge in [0.1, 0.15) is 5.69 Å². The van der Waals surface area contributed by atoms with Crippen LogP contribution in [0.1, 0.15) is 53.7 Å². The fourth-order valence-corrected chi connectivity index (χ4v) is 3.49. The van der Waals surface area contributed by atoms with Crippen molar-refractivity contribution >= 4 is 17.7 Å². The van der Waals surface area contributed by atoms with E-state index in [1.165, 1.54) is 12.0 Å². The van der Waals surface area contributed by atoms with E-state index in [2.05, 4.69) is 9.97 Å². The Morgan fingerprint density at radius 1 is 1.03 bits per heavy atom. The number of ketones is 1. The first kappa shape index (κ1) is 22.0. The topological polar surface area (TPSA) is 92.4 Å². The number of ether oxygens (including phenoxy) is 1. The van der Waals surface area contributed by atoms with Crippen LogP contribution in [0.2, 0.25) is 0 Å². The van der Waals surface area contributed by atoms with Crippen LogP contribution >= 0.6 is 0 Å². The largest absolute Gasteiger partial charge is 0.464 e. The highest BCUT2D eigenvalue weighted by atomic mass is 16.5. The molecule has 1 amide bonds. The van der Waals surface area contributed by atoms with Crippen LogP contribution in [0, 0.1) is 20.8 Å². The maximum Gasteiger partial charge on any atom is 0.354 e. The van der Waals surface area contributed by atoms with Crippen LogP contribution in [0.5, 0.6) is 0 Å². The van der Waals surface area contributed by atoms with Gasteiger partial charge in [-0.05, 0) is 50.6 Å². The summed E-state index contributed by atoms with van der Waals surface area (Å²) in [7, 11) is 1.29. The second kappa shape index (κ2) is 9.38. The Morgan fingerprint density at radius 3 is 2.35 bits per heavy atom. The number of esters is 1. The fraction of sp³-hybridized carbons (Fsp3) is 0.250. The van der Waals surface area contributed by atoms with E-state index >= 15 is 0 Å². The van der Waals surface area contributed by atoms with E-state index in [4.69, 9.17) is 4.74 Å². The number of hydrogen-bond donors (Lipinski definition) is 1. The summed E-state index contributed by atoms with van der Waals surface area (Å²) in [5, 5.41) is 0. The van der Waals surface area contributed by atoms with E-state index < -0.39 is 5.97 Å². The molecule has 0 saturated carbocycles. The molecule has 0 saturated heterocycles. The number of carbonyl (C=O) groups excluding carboxylic acids is 3. The van der Waals surface area contributed by atoms with Gasteiger partial charge in [0.2, 0.25) is 0 Å². The number of aromatic nitrogens is 2. The molecule has 3 rings (SSSR count). The molecule has 0 radical (unpaired) electrons. The van der Waals surface area contributed by atoms with Gasteiger partial charge < -0.3 is 14.6 Å². The predicted molar refractivity (Wildman–Crippen MR) is 116 cm³/mol. The van der Waals surface area contributed by atoms with Gasteiger partial charge in [0, 0.05) is 23.0 Å². The molecule has 7 nitrogen and oxygen atoms in total. The van der Waals surface area contributed by atoms with E-state index in [0.29, 0.717) is 28.1 Å². The van der Waals surface area contributed by atoms with Crippen molar-refractivity contribution in [1.82, 2.24) is 14.9 Å². The summed E-state index contributed by atoms with van der Waals surface area (Å²) >= 11 is 0. The van der Waals surface area contributed by atoms with E-state index in [-0.39, 0.29) is 30.5 Å². The van der Waals surface area contributed by atoms with E-state index in [1.807, 2.05) is 31.2 Å². The third-order valence-corrected chi connectivity index (χ3v) is 5.11. The molecule has 31 heavy (non-hydrogen) atoms. The van der Waals surface area contributed by atoms with Crippen molar-refractivity contribution in [2.45, 2.75) is 27.3 Å². The average molecular weight is 419 g/mol. The molecule has 0 fully saturated rings. The number of amides is 1. The molecule has 160 valence electrons. The lowest BCUT2D eigenvalue weighted by Crippen LogP contribution is -2.35. The molecule has 1 N–H and O–H groups in total. The first-order chi connectivity index (χ1) is 14.8. The number of nitrogens with zero attached hydrogens (tertiary/aromatic N) is 2. The van der Waals surface area contributed by atoms with Gasteiger partial charge in [-0.2, -0.15) is 0 Å². The number of benzene rings is 1. The molecule has 0 aliphatic rings. The average Bonchev–Trinajstić information content (AvgIpc) is 3.07. The smallest absolute Gasteiger partial charge is 0.354 e. The fourth-order valence-electron chi connectivity index (χ4n) is 3.49. The maximum absolute atomic E-state index is 13.2. The Hall–Kier alpha value is -3.74. The standard InChI is InChI=1S/C24H25N3O4/c1-15-8-10-18(11-9-15)23(29)27(13-19-7-5-6-12-25-19)14-20(28)21-16(2)22(24(30)31-4)26-17(21)3/h5-12,26H,13-14H2,1-4H3. The minimum absolute atomic E-state index is 0.149. The second-order valence-electron chi connectivity index (χ2n) is 7.39. The van der Waals surface area contributed by atoms with Crippen LogP contribution in [0.4, 0.5) is 0 Å². The van der Waals surface area contributed by atoms with Gasteiger partial charge in [-0.1, -0.05) is 23.8 Å². The van der Waals surface area contributed by atoms with Crippen molar-refractivity contribution in [2.75, 3.05) is 13.7 Å². The molecule has 3 aromatic rings. The summed E-state index contributed by atoms with van der Waals surface area (Å²) in [6, 6.07) is 12.6. The molecule has 2 aromatic heterocycles. The van der Waals surface area contributed by atoms with Crippen molar-refractivity contribution in [3.8, 4) is 0 Å². The summed E-state index contributed by atoms with van der Waals surface area (Å²) in [6.07, 6.45) is 1.65. The predicted octanol–water partition coefficient (Wildman–Crippen LogP) is 3.65. The summed E-state index contributed by atoms with van der Waals surface area (Å²) in [5.41, 5.74) is 3.91. The Bertz CT molecular complexity index is 1100. The highest BCUT2D eigenvalue weighted by Crippen LogP contribution is 2.21. The summed E-state index contributed by atoms with van der Waals surface area (Å²) < 4.78 is 4.78. The number of H-pyrrole nitrogens is 1. The second-order valence-corrected chi connectivity index (χ2v) is 7.39. The number of carbonyl (C=O) groups is 3. The van der Waals surface area contributed by atoms with Crippen molar-refractivity contribution in [1.29, 1.82) is 0 Å². The molecule has 0 unspecified atom stereocenters. The van der Waals surface area contributed by atoms with Gasteiger partial charge in [-0.15, -0.1) is 0 Å². The number of rotatable bonds is 7. The van der Waals surface area contributed by atoms with Gasteiger partial charge in [0.15, 0.2) is 5.78 Å². The van der Waals surface area contributed by atoms with Gasteiger partial charge in [-0.25, -0.2) is 4.79 Å². The van der Waals surface area contributed by atoms with Gasteiger partial charge in [0.25, 0.3) is 5.91 Å². The number of aromatic amines is 1. The SMILES string of the molecule is COC(=O)c1[nH]c(C)c(C(=O)CN(Cc2ccccn2)C(=O)c2ccc(C)cc2)c1C. The van der Waals surface area contributed by atoms with Gasteiger partial charge >= 0.3 is 5.97 Å². The van der Waals surface area contributed by atoms with Crippen molar-refractivity contribution < 1.29 is 19.1 Å². The molecule has 0 spiro atoms. The Balaban J connectivity index is 1.92. The summed E-state index contributed by atoms with van der Waals surface area (Å²) in [6.45, 7) is 5.39. The van der Waals surface area contributed by atoms with E-state index in [0.717, 1.165) is 5.56 Å². The monoisotopic (exact) mass is 419 g/mol. The molecule has 7 heteroatoms. The first-order valence-corrected chi connectivity index (χ1v) is 9.88. The molecular weight excluding hydrogens is 394 g/mol. The number of Topliss-reactive ketones (excluding diaryl/α,β-unsaturated/α-hetero) is 1. The molecule has 0 atom stereocenters. The number of nitrogens with one attached hydrogen (secondary N) is 1. The lowest BCUT2D eigenvalue weighted by atomic mass is 10.0. The van der Waals surface area contributed by atoms with Gasteiger partial charge in [0.05, 0.1) is 25.9 Å². The zero-order valence-corrected chi connectivity index (χ0v) is 18.1.